The zero-order valence-corrected chi connectivity index (χ0v) is 15.2. The fourth-order valence-corrected chi connectivity index (χ4v) is 2.45. The van der Waals surface area contributed by atoms with E-state index in [0.29, 0.717) is 0 Å². The Labute approximate surface area is 162 Å². The van der Waals surface area contributed by atoms with Crippen LogP contribution in [-0.4, -0.2) is 41.7 Å². The molecule has 0 aliphatic rings. The van der Waals surface area contributed by atoms with Gasteiger partial charge in [0.25, 0.3) is 0 Å². The number of hydrogen-bond donors (Lipinski definition) is 4. The molecule has 0 fully saturated rings. The molecule has 0 heterocycles. The highest BCUT2D eigenvalue weighted by molar-refractivity contribution is 5.90. The zero-order valence-electron chi connectivity index (χ0n) is 15.2. The molecule has 5 N–H and O–H groups in total. The minimum absolute atomic E-state index is 0.0182. The van der Waals surface area contributed by atoms with Crippen molar-refractivity contribution in [3.63, 3.8) is 0 Å². The Hall–Kier alpha value is -3.39. The molecule has 2 aromatic rings. The van der Waals surface area contributed by atoms with Gasteiger partial charge in [-0.05, 0) is 11.1 Å². The highest BCUT2D eigenvalue weighted by atomic mass is 16.5. The van der Waals surface area contributed by atoms with Crippen molar-refractivity contribution in [1.29, 1.82) is 0 Å². The summed E-state index contributed by atoms with van der Waals surface area (Å²) < 4.78 is 5.03. The normalized spacial score (nSPS) is 12.5. The number of aliphatic hydroxyl groups is 1. The standard InChI is InChI=1S/C20H23N3O5/c21-18(25)16(11-14-7-3-1-4-8-14)22-19(26)17(12-24)23-20(27)28-13-15-9-5-2-6-10-15/h1-10,16-17,24H,11-13H2,(H2,21,25)(H,22,26)(H,23,27)/t16-,17-/m0/s1. The van der Waals surface area contributed by atoms with E-state index in [-0.39, 0.29) is 13.0 Å². The molecule has 0 unspecified atom stereocenters. The summed E-state index contributed by atoms with van der Waals surface area (Å²) >= 11 is 0. The molecule has 3 amide bonds. The predicted molar refractivity (Wildman–Crippen MR) is 102 cm³/mol. The van der Waals surface area contributed by atoms with E-state index in [1.807, 2.05) is 12.1 Å². The van der Waals surface area contributed by atoms with Crippen LogP contribution in [0, 0.1) is 0 Å². The van der Waals surface area contributed by atoms with Crippen molar-refractivity contribution < 1.29 is 24.2 Å². The van der Waals surface area contributed by atoms with Crippen LogP contribution in [0.25, 0.3) is 0 Å². The Morgan fingerprint density at radius 3 is 2.00 bits per heavy atom. The molecular formula is C20H23N3O5. The molecule has 148 valence electrons. The lowest BCUT2D eigenvalue weighted by Crippen LogP contribution is -2.54. The number of nitrogens with two attached hydrogens (primary N) is 1. The topological polar surface area (TPSA) is 131 Å². The average Bonchev–Trinajstić information content (AvgIpc) is 2.71. The summed E-state index contributed by atoms with van der Waals surface area (Å²) in [6, 6.07) is 15.8. The summed E-state index contributed by atoms with van der Waals surface area (Å²) in [5.74, 6) is -1.46. The van der Waals surface area contributed by atoms with Crippen LogP contribution >= 0.6 is 0 Å². The first kappa shape index (κ1) is 20.9. The van der Waals surface area contributed by atoms with Crippen molar-refractivity contribution in [2.45, 2.75) is 25.1 Å². The van der Waals surface area contributed by atoms with Crippen LogP contribution in [0.15, 0.2) is 60.7 Å². The van der Waals surface area contributed by atoms with Crippen molar-refractivity contribution in [1.82, 2.24) is 10.6 Å². The van der Waals surface area contributed by atoms with Crippen LogP contribution < -0.4 is 16.4 Å². The molecule has 0 spiro atoms. The van der Waals surface area contributed by atoms with E-state index < -0.39 is 36.6 Å². The molecule has 0 bridgehead atoms. The van der Waals surface area contributed by atoms with Gasteiger partial charge >= 0.3 is 6.09 Å². The van der Waals surface area contributed by atoms with Gasteiger partial charge < -0.3 is 26.2 Å². The number of carbonyl (C=O) groups is 3. The van der Waals surface area contributed by atoms with Gasteiger partial charge in [-0.3, -0.25) is 9.59 Å². The molecule has 0 saturated heterocycles. The number of amides is 3. The van der Waals surface area contributed by atoms with Crippen LogP contribution in [0.4, 0.5) is 4.79 Å². The third-order valence-corrected chi connectivity index (χ3v) is 3.95. The van der Waals surface area contributed by atoms with Crippen molar-refractivity contribution in [3.05, 3.63) is 71.8 Å². The van der Waals surface area contributed by atoms with Crippen LogP contribution in [0.2, 0.25) is 0 Å². The van der Waals surface area contributed by atoms with Gasteiger partial charge in [0.05, 0.1) is 6.61 Å². The number of rotatable bonds is 9. The summed E-state index contributed by atoms with van der Waals surface area (Å²) in [6.07, 6.45) is -0.671. The molecule has 0 aliphatic carbocycles. The number of aliphatic hydroxyl groups excluding tert-OH is 1. The Balaban J connectivity index is 1.89. The van der Waals surface area contributed by atoms with Crippen LogP contribution in [0.1, 0.15) is 11.1 Å². The lowest BCUT2D eigenvalue weighted by molar-refractivity contribution is -0.129. The highest BCUT2D eigenvalue weighted by Gasteiger charge is 2.25. The molecule has 0 radical (unpaired) electrons. The fraction of sp³-hybridized carbons (Fsp3) is 0.250. The van der Waals surface area contributed by atoms with Gasteiger partial charge in [0.15, 0.2) is 0 Å². The minimum atomic E-state index is -1.28. The first-order valence-corrected chi connectivity index (χ1v) is 8.71. The third-order valence-electron chi connectivity index (χ3n) is 3.95. The Kier molecular flexibility index (Phi) is 7.98. The maximum Gasteiger partial charge on any atom is 0.408 e. The smallest absolute Gasteiger partial charge is 0.408 e. The lowest BCUT2D eigenvalue weighted by Gasteiger charge is -2.20. The number of hydrogen-bond acceptors (Lipinski definition) is 5. The molecule has 8 heteroatoms. The van der Waals surface area contributed by atoms with Crippen LogP contribution in [-0.2, 0) is 27.4 Å². The van der Waals surface area contributed by atoms with Gasteiger partial charge in [-0.2, -0.15) is 0 Å². The lowest BCUT2D eigenvalue weighted by atomic mass is 10.1. The second-order valence-corrected chi connectivity index (χ2v) is 6.09. The third kappa shape index (κ3) is 6.73. The number of benzene rings is 2. The molecule has 2 rings (SSSR count). The number of alkyl carbamates (subject to hydrolysis) is 1. The van der Waals surface area contributed by atoms with E-state index in [4.69, 9.17) is 10.5 Å². The summed E-state index contributed by atoms with van der Waals surface area (Å²) in [4.78, 5) is 35.9. The summed E-state index contributed by atoms with van der Waals surface area (Å²) in [5.41, 5.74) is 6.94. The average molecular weight is 385 g/mol. The van der Waals surface area contributed by atoms with Crippen LogP contribution in [0.3, 0.4) is 0 Å². The van der Waals surface area contributed by atoms with E-state index in [1.54, 1.807) is 48.5 Å². The Morgan fingerprint density at radius 1 is 0.893 bits per heavy atom. The Morgan fingerprint density at radius 2 is 1.46 bits per heavy atom. The maximum absolute atomic E-state index is 12.3. The fourth-order valence-electron chi connectivity index (χ4n) is 2.45. The molecule has 0 saturated carbocycles. The predicted octanol–water partition coefficient (Wildman–Crippen LogP) is 0.486. The van der Waals surface area contributed by atoms with E-state index in [0.717, 1.165) is 11.1 Å². The second-order valence-electron chi connectivity index (χ2n) is 6.09. The molecule has 2 atom stereocenters. The molecule has 0 aromatic heterocycles. The van der Waals surface area contributed by atoms with E-state index >= 15 is 0 Å². The van der Waals surface area contributed by atoms with E-state index in [2.05, 4.69) is 10.6 Å². The van der Waals surface area contributed by atoms with Gasteiger partial charge in [-0.25, -0.2) is 4.79 Å². The first-order chi connectivity index (χ1) is 13.5. The van der Waals surface area contributed by atoms with Crippen molar-refractivity contribution in [2.24, 2.45) is 5.73 Å². The SMILES string of the molecule is NC(=O)[C@H](Cc1ccccc1)NC(=O)[C@H](CO)NC(=O)OCc1ccccc1. The van der Waals surface area contributed by atoms with Gasteiger partial charge in [0.1, 0.15) is 18.7 Å². The molecule has 8 nitrogen and oxygen atoms in total. The second kappa shape index (κ2) is 10.7. The van der Waals surface area contributed by atoms with Gasteiger partial charge in [-0.1, -0.05) is 60.7 Å². The monoisotopic (exact) mass is 385 g/mol. The number of nitrogens with one attached hydrogen (secondary N) is 2. The number of ether oxygens (including phenoxy) is 1. The van der Waals surface area contributed by atoms with Gasteiger partial charge in [-0.15, -0.1) is 0 Å². The summed E-state index contributed by atoms with van der Waals surface area (Å²) in [5, 5.41) is 14.1. The van der Waals surface area contributed by atoms with Crippen LogP contribution in [0.5, 0.6) is 0 Å². The van der Waals surface area contributed by atoms with Crippen molar-refractivity contribution in [2.75, 3.05) is 6.61 Å². The van der Waals surface area contributed by atoms with E-state index in [1.165, 1.54) is 0 Å². The maximum atomic E-state index is 12.3. The minimum Gasteiger partial charge on any atom is -0.445 e. The quantitative estimate of drug-likeness (QED) is 0.499. The largest absolute Gasteiger partial charge is 0.445 e. The molecule has 28 heavy (non-hydrogen) atoms. The van der Waals surface area contributed by atoms with Gasteiger partial charge in [0, 0.05) is 6.42 Å². The van der Waals surface area contributed by atoms with Crippen molar-refractivity contribution in [3.8, 4) is 0 Å². The molecule has 0 aliphatic heterocycles. The number of carbonyl (C=O) groups excluding carboxylic acids is 3. The molecule has 2 aromatic carbocycles. The summed E-state index contributed by atoms with van der Waals surface area (Å²) in [6.45, 7) is -0.645. The van der Waals surface area contributed by atoms with Crippen molar-refractivity contribution >= 4 is 17.9 Å². The van der Waals surface area contributed by atoms with E-state index in [9.17, 15) is 19.5 Å². The molecular weight excluding hydrogens is 362 g/mol. The number of primary amides is 1. The summed E-state index contributed by atoms with van der Waals surface area (Å²) in [7, 11) is 0. The van der Waals surface area contributed by atoms with Gasteiger partial charge in [0.2, 0.25) is 11.8 Å². The first-order valence-electron chi connectivity index (χ1n) is 8.71. The zero-order chi connectivity index (χ0) is 20.4. The Bertz CT molecular complexity index is 783. The highest BCUT2D eigenvalue weighted by Crippen LogP contribution is 2.04.